The maximum atomic E-state index is 2.40. The smallest absolute Gasteiger partial charge is 0.0543 e. The first-order valence-corrected chi connectivity index (χ1v) is 14.2. The Bertz CT molecular complexity index is 1710. The topological polar surface area (TPSA) is 6.48 Å². The second-order valence-electron chi connectivity index (χ2n) is 11.1. The van der Waals surface area contributed by atoms with Crippen LogP contribution in [0.25, 0.3) is 11.1 Å². The lowest BCUT2D eigenvalue weighted by Gasteiger charge is -2.28. The van der Waals surface area contributed by atoms with E-state index in [4.69, 9.17) is 0 Å². The van der Waals surface area contributed by atoms with Crippen molar-refractivity contribution in [1.29, 1.82) is 0 Å². The average Bonchev–Trinajstić information content (AvgIpc) is 3.26. The summed E-state index contributed by atoms with van der Waals surface area (Å²) in [5, 5.41) is 0. The Labute approximate surface area is 242 Å². The summed E-state index contributed by atoms with van der Waals surface area (Å²) in [6.45, 7) is 4.71. The number of rotatable bonds is 6. The highest BCUT2D eigenvalue weighted by molar-refractivity contribution is 5.96. The molecule has 198 valence electrons. The minimum absolute atomic E-state index is 0.158. The van der Waals surface area contributed by atoms with Crippen molar-refractivity contribution in [1.82, 2.24) is 0 Å². The normalized spacial score (nSPS) is 12.8. The maximum absolute atomic E-state index is 2.40. The number of fused-ring (bicyclic) bond motifs is 3. The van der Waals surface area contributed by atoms with E-state index in [2.05, 4.69) is 181 Å². The zero-order valence-electron chi connectivity index (χ0n) is 23.4. The van der Waals surface area contributed by atoms with Gasteiger partial charge >= 0.3 is 0 Å². The maximum Gasteiger partial charge on any atom is 0.0543 e. The van der Waals surface area contributed by atoms with Crippen molar-refractivity contribution in [3.63, 3.8) is 0 Å². The predicted molar refractivity (Wildman–Crippen MR) is 173 cm³/mol. The Morgan fingerprint density at radius 1 is 0.390 bits per heavy atom. The van der Waals surface area contributed by atoms with E-state index < -0.39 is 0 Å². The zero-order valence-corrected chi connectivity index (χ0v) is 23.4. The van der Waals surface area contributed by atoms with Gasteiger partial charge in [0.05, 0.1) is 5.69 Å². The Hall–Kier alpha value is -5.08. The van der Waals surface area contributed by atoms with Gasteiger partial charge in [0.15, 0.2) is 0 Å². The molecule has 0 amide bonds. The molecule has 41 heavy (non-hydrogen) atoms. The number of para-hydroxylation sites is 4. The molecule has 2 nitrogen and oxygen atoms in total. The van der Waals surface area contributed by atoms with E-state index in [1.165, 1.54) is 27.9 Å². The first-order chi connectivity index (χ1) is 20.1. The van der Waals surface area contributed by atoms with E-state index in [0.717, 1.165) is 28.4 Å². The van der Waals surface area contributed by atoms with Crippen LogP contribution in [0.2, 0.25) is 0 Å². The van der Waals surface area contributed by atoms with Crippen molar-refractivity contribution in [3.05, 3.63) is 169 Å². The molecule has 0 saturated heterocycles. The monoisotopic (exact) mass is 528 g/mol. The van der Waals surface area contributed by atoms with E-state index >= 15 is 0 Å². The van der Waals surface area contributed by atoms with Crippen LogP contribution < -0.4 is 9.80 Å². The Kier molecular flexibility index (Phi) is 6.17. The third-order valence-corrected chi connectivity index (χ3v) is 8.22. The van der Waals surface area contributed by atoms with Gasteiger partial charge in [-0.15, -0.1) is 0 Å². The fraction of sp³-hybridized carbons (Fsp3) is 0.0769. The van der Waals surface area contributed by atoms with E-state index in [0.29, 0.717) is 0 Å². The van der Waals surface area contributed by atoms with Crippen LogP contribution in [0.15, 0.2) is 158 Å². The second-order valence-corrected chi connectivity index (χ2v) is 11.1. The van der Waals surface area contributed by atoms with Crippen LogP contribution in [0, 0.1) is 0 Å². The summed E-state index contributed by atoms with van der Waals surface area (Å²) in [6.07, 6.45) is 0. The summed E-state index contributed by atoms with van der Waals surface area (Å²) in [5.74, 6) is 0. The standard InChI is InChI=1S/C39H32N2/c1-39(2)35-24-15-25-37(41(31-20-11-5-12-21-31)32-22-13-6-14-23-32)38(35)34-27-26-33(28-36(34)39)40(29-16-7-3-8-17-29)30-18-9-4-10-19-30/h3-28H,1-2H3. The molecular weight excluding hydrogens is 496 g/mol. The lowest BCUT2D eigenvalue weighted by Crippen LogP contribution is -2.17. The SMILES string of the molecule is CC1(C)c2cc(N(c3ccccc3)c3ccccc3)ccc2-c2c(N(c3ccccc3)c3ccccc3)cccc21. The minimum atomic E-state index is -0.158. The minimum Gasteiger partial charge on any atom is -0.310 e. The second kappa shape index (κ2) is 10.1. The van der Waals surface area contributed by atoms with Crippen molar-refractivity contribution in [2.45, 2.75) is 19.3 Å². The third kappa shape index (κ3) is 4.29. The van der Waals surface area contributed by atoms with Gasteiger partial charge < -0.3 is 9.80 Å². The fourth-order valence-corrected chi connectivity index (χ4v) is 6.26. The Balaban J connectivity index is 1.43. The van der Waals surface area contributed by atoms with Crippen LogP contribution >= 0.6 is 0 Å². The Morgan fingerprint density at radius 2 is 0.854 bits per heavy atom. The number of hydrogen-bond acceptors (Lipinski definition) is 2. The molecule has 1 aliphatic carbocycles. The number of anilines is 6. The molecule has 1 aliphatic rings. The molecule has 6 aromatic rings. The van der Waals surface area contributed by atoms with Gasteiger partial charge in [0, 0.05) is 39.4 Å². The molecule has 0 N–H and O–H groups in total. The van der Waals surface area contributed by atoms with Crippen LogP contribution in [-0.4, -0.2) is 0 Å². The molecule has 0 heterocycles. The highest BCUT2D eigenvalue weighted by atomic mass is 15.1. The van der Waals surface area contributed by atoms with Gasteiger partial charge in [-0.2, -0.15) is 0 Å². The van der Waals surface area contributed by atoms with E-state index in [1.807, 2.05) is 0 Å². The fourth-order valence-electron chi connectivity index (χ4n) is 6.26. The highest BCUT2D eigenvalue weighted by Gasteiger charge is 2.38. The first kappa shape index (κ1) is 24.9. The van der Waals surface area contributed by atoms with E-state index in [9.17, 15) is 0 Å². The van der Waals surface area contributed by atoms with Crippen LogP contribution in [0.4, 0.5) is 34.1 Å². The van der Waals surface area contributed by atoms with Crippen molar-refractivity contribution in [2.75, 3.05) is 9.80 Å². The predicted octanol–water partition coefficient (Wildman–Crippen LogP) is 10.9. The summed E-state index contributed by atoms with van der Waals surface area (Å²) in [7, 11) is 0. The molecule has 0 bridgehead atoms. The molecule has 0 unspecified atom stereocenters. The van der Waals surface area contributed by atoms with Gasteiger partial charge in [-0.1, -0.05) is 105 Å². The molecular formula is C39H32N2. The number of nitrogens with zero attached hydrogens (tertiary/aromatic N) is 2. The number of benzene rings is 6. The molecule has 0 fully saturated rings. The highest BCUT2D eigenvalue weighted by Crippen LogP contribution is 2.55. The van der Waals surface area contributed by atoms with E-state index in [1.54, 1.807) is 0 Å². The molecule has 0 aliphatic heterocycles. The summed E-state index contributed by atoms with van der Waals surface area (Å²) in [6, 6.07) is 56.4. The van der Waals surface area contributed by atoms with Gasteiger partial charge in [-0.25, -0.2) is 0 Å². The largest absolute Gasteiger partial charge is 0.310 e. The summed E-state index contributed by atoms with van der Waals surface area (Å²) < 4.78 is 0. The number of hydrogen-bond donors (Lipinski definition) is 0. The molecule has 0 saturated carbocycles. The first-order valence-electron chi connectivity index (χ1n) is 14.2. The van der Waals surface area contributed by atoms with Gasteiger partial charge in [0.25, 0.3) is 0 Å². The Morgan fingerprint density at radius 3 is 1.34 bits per heavy atom. The zero-order chi connectivity index (χ0) is 27.8. The molecule has 0 spiro atoms. The summed E-state index contributed by atoms with van der Waals surface area (Å²) in [4.78, 5) is 4.73. The van der Waals surface area contributed by atoms with Crippen molar-refractivity contribution in [2.24, 2.45) is 0 Å². The van der Waals surface area contributed by atoms with Crippen molar-refractivity contribution >= 4 is 34.1 Å². The average molecular weight is 529 g/mol. The van der Waals surface area contributed by atoms with Crippen LogP contribution in [0.1, 0.15) is 25.0 Å². The lowest BCUT2D eigenvalue weighted by molar-refractivity contribution is 0.660. The van der Waals surface area contributed by atoms with Crippen LogP contribution in [0.5, 0.6) is 0 Å². The lowest BCUT2D eigenvalue weighted by atomic mass is 9.82. The third-order valence-electron chi connectivity index (χ3n) is 8.22. The summed E-state index contributed by atoms with van der Waals surface area (Å²) in [5.41, 5.74) is 12.1. The molecule has 0 radical (unpaired) electrons. The summed E-state index contributed by atoms with van der Waals surface area (Å²) >= 11 is 0. The molecule has 2 heteroatoms. The van der Waals surface area contributed by atoms with Crippen LogP contribution in [0.3, 0.4) is 0 Å². The molecule has 0 aromatic heterocycles. The van der Waals surface area contributed by atoms with Crippen LogP contribution in [-0.2, 0) is 5.41 Å². The van der Waals surface area contributed by atoms with Gasteiger partial charge in [-0.05, 0) is 83.4 Å². The van der Waals surface area contributed by atoms with E-state index in [-0.39, 0.29) is 5.41 Å². The quantitative estimate of drug-likeness (QED) is 0.212. The van der Waals surface area contributed by atoms with Gasteiger partial charge in [0.2, 0.25) is 0 Å². The molecule has 6 aromatic carbocycles. The van der Waals surface area contributed by atoms with Gasteiger partial charge in [0.1, 0.15) is 0 Å². The molecule has 0 atom stereocenters. The van der Waals surface area contributed by atoms with Crippen molar-refractivity contribution < 1.29 is 0 Å². The van der Waals surface area contributed by atoms with Gasteiger partial charge in [-0.3, -0.25) is 0 Å². The molecule has 7 rings (SSSR count). The van der Waals surface area contributed by atoms with Crippen molar-refractivity contribution in [3.8, 4) is 11.1 Å².